The average molecular weight is 338 g/mol. The fourth-order valence-electron chi connectivity index (χ4n) is 3.11. The Balaban J connectivity index is 1.58. The second kappa shape index (κ2) is 7.55. The molecule has 3 N–H and O–H groups in total. The monoisotopic (exact) mass is 338 g/mol. The summed E-state index contributed by atoms with van der Waals surface area (Å²) < 4.78 is 0. The van der Waals surface area contributed by atoms with E-state index in [2.05, 4.69) is 22.1 Å². The van der Waals surface area contributed by atoms with Gasteiger partial charge in [0.25, 0.3) is 5.91 Å². The lowest BCUT2D eigenvalue weighted by Crippen LogP contribution is -2.33. The number of hydrogen-bond donors (Lipinski definition) is 2. The number of carbonyl (C=O) groups excluding carboxylic acids is 1. The number of aryl methyl sites for hydroxylation is 1. The van der Waals surface area contributed by atoms with E-state index in [4.69, 9.17) is 5.73 Å². The number of anilines is 2. The Morgan fingerprint density at radius 2 is 2.04 bits per heavy atom. The molecule has 1 aliphatic rings. The van der Waals surface area contributed by atoms with Crippen molar-refractivity contribution in [3.05, 3.63) is 53.2 Å². The summed E-state index contributed by atoms with van der Waals surface area (Å²) in [4.78, 5) is 19.2. The summed E-state index contributed by atoms with van der Waals surface area (Å²) in [5.74, 6) is 1.72. The SMILES string of the molecule is Cc1ccc(N)cc1C(=O)NCc1ccc(N2CCC(C)CC2)nc1. The van der Waals surface area contributed by atoms with Gasteiger partial charge in [0.15, 0.2) is 0 Å². The van der Waals surface area contributed by atoms with E-state index >= 15 is 0 Å². The second-order valence-corrected chi connectivity index (χ2v) is 6.95. The molecule has 0 unspecified atom stereocenters. The Bertz CT molecular complexity index is 734. The summed E-state index contributed by atoms with van der Waals surface area (Å²) in [5, 5.41) is 2.94. The van der Waals surface area contributed by atoms with Gasteiger partial charge in [0.2, 0.25) is 0 Å². The van der Waals surface area contributed by atoms with Crippen molar-refractivity contribution in [2.75, 3.05) is 23.7 Å². The number of nitrogens with zero attached hydrogens (tertiary/aromatic N) is 2. The molecule has 1 fully saturated rings. The summed E-state index contributed by atoms with van der Waals surface area (Å²) >= 11 is 0. The van der Waals surface area contributed by atoms with Crippen LogP contribution in [0.3, 0.4) is 0 Å². The standard InChI is InChI=1S/C20H26N4O/c1-14-7-9-24(10-8-14)19-6-4-16(12-22-19)13-23-20(25)18-11-17(21)5-3-15(18)2/h3-6,11-12,14H,7-10,13,21H2,1-2H3,(H,23,25). The average Bonchev–Trinajstić information content (AvgIpc) is 2.63. The van der Waals surface area contributed by atoms with Crippen molar-refractivity contribution < 1.29 is 4.79 Å². The lowest BCUT2D eigenvalue weighted by Gasteiger charge is -2.31. The summed E-state index contributed by atoms with van der Waals surface area (Å²) in [6.07, 6.45) is 4.29. The first-order valence-electron chi connectivity index (χ1n) is 8.87. The molecule has 5 nitrogen and oxygen atoms in total. The Hall–Kier alpha value is -2.56. The highest BCUT2D eigenvalue weighted by Crippen LogP contribution is 2.21. The fraction of sp³-hybridized carbons (Fsp3) is 0.400. The number of rotatable bonds is 4. The van der Waals surface area contributed by atoms with Crippen molar-refractivity contribution in [1.29, 1.82) is 0 Å². The molecule has 0 aliphatic carbocycles. The van der Waals surface area contributed by atoms with Crippen molar-refractivity contribution in [3.8, 4) is 0 Å². The lowest BCUT2D eigenvalue weighted by atomic mass is 9.99. The minimum absolute atomic E-state index is 0.112. The molecule has 25 heavy (non-hydrogen) atoms. The Morgan fingerprint density at radius 1 is 1.28 bits per heavy atom. The second-order valence-electron chi connectivity index (χ2n) is 6.95. The third-order valence-electron chi connectivity index (χ3n) is 4.88. The van der Waals surface area contributed by atoms with Crippen LogP contribution in [-0.4, -0.2) is 24.0 Å². The number of carbonyl (C=O) groups is 1. The molecule has 1 aliphatic heterocycles. The predicted molar refractivity (Wildman–Crippen MR) is 102 cm³/mol. The molecule has 1 aromatic carbocycles. The lowest BCUT2D eigenvalue weighted by molar-refractivity contribution is 0.0950. The number of amides is 1. The van der Waals surface area contributed by atoms with Gasteiger partial charge in [-0.15, -0.1) is 0 Å². The first kappa shape index (κ1) is 17.3. The molecule has 132 valence electrons. The van der Waals surface area contributed by atoms with Crippen LogP contribution in [0.25, 0.3) is 0 Å². The number of pyridine rings is 1. The summed E-state index contributed by atoms with van der Waals surface area (Å²) in [6, 6.07) is 9.45. The van der Waals surface area contributed by atoms with Gasteiger partial charge >= 0.3 is 0 Å². The Kier molecular flexibility index (Phi) is 5.22. The van der Waals surface area contributed by atoms with Gasteiger partial charge in [-0.1, -0.05) is 19.1 Å². The molecule has 0 saturated carbocycles. The van der Waals surface area contributed by atoms with E-state index in [0.29, 0.717) is 17.8 Å². The molecule has 5 heteroatoms. The van der Waals surface area contributed by atoms with E-state index in [1.165, 1.54) is 12.8 Å². The molecule has 0 bridgehead atoms. The zero-order chi connectivity index (χ0) is 17.8. The maximum atomic E-state index is 12.3. The summed E-state index contributed by atoms with van der Waals surface area (Å²) in [7, 11) is 0. The van der Waals surface area contributed by atoms with Crippen LogP contribution in [0.2, 0.25) is 0 Å². The van der Waals surface area contributed by atoms with E-state index in [9.17, 15) is 4.79 Å². The van der Waals surface area contributed by atoms with Gasteiger partial charge in [0, 0.05) is 37.1 Å². The van der Waals surface area contributed by atoms with Crippen molar-refractivity contribution >= 4 is 17.4 Å². The molecular formula is C20H26N4O. The normalized spacial score (nSPS) is 15.2. The molecule has 3 rings (SSSR count). The molecule has 1 amide bonds. The fourth-order valence-corrected chi connectivity index (χ4v) is 3.11. The number of piperidine rings is 1. The van der Waals surface area contributed by atoms with Crippen molar-refractivity contribution in [1.82, 2.24) is 10.3 Å². The predicted octanol–water partition coefficient (Wildman–Crippen LogP) is 3.14. The summed E-state index contributed by atoms with van der Waals surface area (Å²) in [6.45, 7) is 6.80. The number of nitrogen functional groups attached to an aromatic ring is 1. The third kappa shape index (κ3) is 4.29. The first-order valence-corrected chi connectivity index (χ1v) is 8.87. The maximum Gasteiger partial charge on any atom is 0.251 e. The number of hydrogen-bond acceptors (Lipinski definition) is 4. The number of nitrogens with one attached hydrogen (secondary N) is 1. The highest BCUT2D eigenvalue weighted by Gasteiger charge is 2.16. The molecule has 0 radical (unpaired) electrons. The molecule has 0 spiro atoms. The van der Waals surface area contributed by atoms with Gasteiger partial charge in [-0.2, -0.15) is 0 Å². The molecule has 0 atom stereocenters. The van der Waals surface area contributed by atoms with Crippen molar-refractivity contribution in [3.63, 3.8) is 0 Å². The van der Waals surface area contributed by atoms with Crippen LogP contribution < -0.4 is 16.0 Å². The van der Waals surface area contributed by atoms with Crippen LogP contribution in [0.1, 0.15) is 41.3 Å². The number of benzene rings is 1. The minimum atomic E-state index is -0.112. The number of aromatic nitrogens is 1. The van der Waals surface area contributed by atoms with Crippen LogP contribution in [0.5, 0.6) is 0 Å². The van der Waals surface area contributed by atoms with Gasteiger partial charge in [-0.25, -0.2) is 4.98 Å². The van der Waals surface area contributed by atoms with Crippen LogP contribution in [0.15, 0.2) is 36.5 Å². The van der Waals surface area contributed by atoms with Crippen LogP contribution in [0, 0.1) is 12.8 Å². The van der Waals surface area contributed by atoms with Crippen LogP contribution in [-0.2, 0) is 6.54 Å². The van der Waals surface area contributed by atoms with Gasteiger partial charge in [0.1, 0.15) is 5.82 Å². The zero-order valence-corrected chi connectivity index (χ0v) is 15.0. The quantitative estimate of drug-likeness (QED) is 0.840. The Labute approximate surface area is 149 Å². The van der Waals surface area contributed by atoms with E-state index in [1.54, 1.807) is 12.1 Å². The van der Waals surface area contributed by atoms with Gasteiger partial charge in [-0.3, -0.25) is 4.79 Å². The van der Waals surface area contributed by atoms with Crippen LogP contribution >= 0.6 is 0 Å². The minimum Gasteiger partial charge on any atom is -0.399 e. The van der Waals surface area contributed by atoms with E-state index in [1.807, 2.05) is 31.3 Å². The van der Waals surface area contributed by atoms with E-state index in [0.717, 1.165) is 36.0 Å². The molecule has 2 aromatic rings. The third-order valence-corrected chi connectivity index (χ3v) is 4.88. The van der Waals surface area contributed by atoms with Crippen molar-refractivity contribution in [2.45, 2.75) is 33.2 Å². The molecule has 1 saturated heterocycles. The first-order chi connectivity index (χ1) is 12.0. The maximum absolute atomic E-state index is 12.3. The van der Waals surface area contributed by atoms with Gasteiger partial charge < -0.3 is 16.0 Å². The van der Waals surface area contributed by atoms with Crippen LogP contribution in [0.4, 0.5) is 11.5 Å². The smallest absolute Gasteiger partial charge is 0.251 e. The Morgan fingerprint density at radius 3 is 2.72 bits per heavy atom. The largest absolute Gasteiger partial charge is 0.399 e. The van der Waals surface area contributed by atoms with Gasteiger partial charge in [-0.05, 0) is 55.0 Å². The molecule has 2 heterocycles. The van der Waals surface area contributed by atoms with E-state index < -0.39 is 0 Å². The van der Waals surface area contributed by atoms with Gasteiger partial charge in [0.05, 0.1) is 0 Å². The highest BCUT2D eigenvalue weighted by molar-refractivity contribution is 5.96. The molecule has 1 aromatic heterocycles. The zero-order valence-electron chi connectivity index (χ0n) is 15.0. The number of nitrogens with two attached hydrogens (primary N) is 1. The highest BCUT2D eigenvalue weighted by atomic mass is 16.1. The van der Waals surface area contributed by atoms with E-state index in [-0.39, 0.29) is 5.91 Å². The summed E-state index contributed by atoms with van der Waals surface area (Å²) in [5.41, 5.74) is 8.89. The van der Waals surface area contributed by atoms with Crippen molar-refractivity contribution in [2.24, 2.45) is 5.92 Å². The molecular weight excluding hydrogens is 312 g/mol. The topological polar surface area (TPSA) is 71.2 Å².